The minimum absolute atomic E-state index is 0.0338. The minimum Gasteiger partial charge on any atom is -0.392 e. The summed E-state index contributed by atoms with van der Waals surface area (Å²) in [6.07, 6.45) is -1.64. The molecular weight excluding hydrogens is 460 g/mol. The van der Waals surface area contributed by atoms with Crippen LogP contribution in [0.2, 0.25) is 10.1 Å². The number of aliphatic hydroxyl groups excluding tert-OH is 2. The highest BCUT2D eigenvalue weighted by Gasteiger charge is 2.65. The van der Waals surface area contributed by atoms with Crippen molar-refractivity contribution in [1.29, 1.82) is 0 Å². The monoisotopic (exact) mass is 514 g/mol. The van der Waals surface area contributed by atoms with Gasteiger partial charge in [-0.3, -0.25) is 9.59 Å². The average Bonchev–Trinajstić information content (AvgIpc) is 2.78. The molecule has 1 saturated heterocycles. The maximum absolute atomic E-state index is 12.4. The SMILES string of the molecule is CCC(=O)[C@@H](C)[C@H](O)[C@@H](C)[C@@H]1O[Si](C(C)(C)C)(C(C)(C)C)O[C@H]([C@H](C)[C@@H](O)[C@H](C)C(=O)CC)C1C. The Morgan fingerprint density at radius 1 is 0.743 bits per heavy atom. The zero-order chi connectivity index (χ0) is 27.7. The van der Waals surface area contributed by atoms with Crippen LogP contribution in [0.1, 0.15) is 103 Å². The normalized spacial score (nSPS) is 28.5. The Bertz CT molecular complexity index is 664. The van der Waals surface area contributed by atoms with Crippen LogP contribution >= 0.6 is 0 Å². The fourth-order valence-electron chi connectivity index (χ4n) is 6.14. The molecular formula is C28H54O6Si. The van der Waals surface area contributed by atoms with E-state index >= 15 is 0 Å². The van der Waals surface area contributed by atoms with Crippen molar-refractivity contribution in [1.82, 2.24) is 0 Å². The first-order chi connectivity index (χ1) is 15.8. The van der Waals surface area contributed by atoms with E-state index in [1.165, 1.54) is 0 Å². The smallest absolute Gasteiger partial charge is 0.349 e. The van der Waals surface area contributed by atoms with E-state index in [1.807, 2.05) is 34.6 Å². The van der Waals surface area contributed by atoms with Crippen LogP contribution in [0.4, 0.5) is 0 Å². The van der Waals surface area contributed by atoms with Gasteiger partial charge >= 0.3 is 8.56 Å². The predicted molar refractivity (Wildman–Crippen MR) is 143 cm³/mol. The van der Waals surface area contributed by atoms with Crippen molar-refractivity contribution < 1.29 is 28.7 Å². The van der Waals surface area contributed by atoms with Gasteiger partial charge in [0.25, 0.3) is 0 Å². The van der Waals surface area contributed by atoms with Crippen LogP contribution in [0.3, 0.4) is 0 Å². The molecule has 1 heterocycles. The van der Waals surface area contributed by atoms with Gasteiger partial charge in [-0.15, -0.1) is 0 Å². The van der Waals surface area contributed by atoms with Crippen LogP contribution in [0.5, 0.6) is 0 Å². The van der Waals surface area contributed by atoms with Gasteiger partial charge in [-0.25, -0.2) is 0 Å². The second-order valence-corrected chi connectivity index (χ2v) is 17.8. The second kappa shape index (κ2) is 11.8. The summed E-state index contributed by atoms with van der Waals surface area (Å²) in [6.45, 7) is 26.0. The predicted octanol–water partition coefficient (Wildman–Crippen LogP) is 5.67. The van der Waals surface area contributed by atoms with Gasteiger partial charge in [0.15, 0.2) is 0 Å². The lowest BCUT2D eigenvalue weighted by atomic mass is 9.76. The Hall–Kier alpha value is -0.603. The van der Waals surface area contributed by atoms with Gasteiger partial charge < -0.3 is 19.1 Å². The molecule has 0 saturated carbocycles. The van der Waals surface area contributed by atoms with Crippen LogP contribution in [0, 0.1) is 29.6 Å². The molecule has 35 heavy (non-hydrogen) atoms. The van der Waals surface area contributed by atoms with Crippen LogP contribution in [0.25, 0.3) is 0 Å². The number of carbonyl (C=O) groups is 2. The molecule has 9 atom stereocenters. The lowest BCUT2D eigenvalue weighted by Crippen LogP contribution is -2.68. The average molecular weight is 515 g/mol. The summed E-state index contributed by atoms with van der Waals surface area (Å²) in [5, 5.41) is 21.9. The minimum atomic E-state index is -3.00. The molecule has 1 unspecified atom stereocenters. The molecule has 206 valence electrons. The molecule has 0 aliphatic carbocycles. The number of Topliss-reactive ketones (excluding diaryl/α,β-unsaturated/α-hetero) is 2. The third kappa shape index (κ3) is 6.46. The van der Waals surface area contributed by atoms with Crippen molar-refractivity contribution in [2.24, 2.45) is 29.6 Å². The molecule has 6 nitrogen and oxygen atoms in total. The summed E-state index contributed by atoms with van der Waals surface area (Å²) >= 11 is 0. The standard InChI is InChI=1S/C28H54O6Si/c1-14-21(29)16(3)23(31)18(5)25-20(7)26(19(6)24(32)17(4)22(30)15-2)34-35(33-25,27(8,9)10)28(11,12)13/h16-20,23-26,31-32H,14-15H2,1-13H3/t16-,17-,18-,19-,20?,23+,24+,25-,26+/m1/s1. The fourth-order valence-corrected chi connectivity index (χ4v) is 11.5. The first-order valence-corrected chi connectivity index (χ1v) is 15.4. The van der Waals surface area contributed by atoms with E-state index in [1.54, 1.807) is 13.8 Å². The molecule has 0 aromatic carbocycles. The molecule has 0 aromatic rings. The van der Waals surface area contributed by atoms with Crippen molar-refractivity contribution in [3.05, 3.63) is 0 Å². The topological polar surface area (TPSA) is 93.1 Å². The number of hydrogen-bond donors (Lipinski definition) is 2. The number of hydrogen-bond acceptors (Lipinski definition) is 6. The molecule has 0 spiro atoms. The lowest BCUT2D eigenvalue weighted by Gasteiger charge is -2.59. The van der Waals surface area contributed by atoms with Gasteiger partial charge in [-0.2, -0.15) is 0 Å². The third-order valence-electron chi connectivity index (χ3n) is 8.47. The highest BCUT2D eigenvalue weighted by molar-refractivity contribution is 6.73. The Labute approximate surface area is 215 Å². The maximum atomic E-state index is 12.4. The molecule has 0 radical (unpaired) electrons. The fraction of sp³-hybridized carbons (Fsp3) is 0.929. The summed E-state index contributed by atoms with van der Waals surface area (Å²) < 4.78 is 14.1. The van der Waals surface area contributed by atoms with Crippen LogP contribution in [-0.2, 0) is 18.4 Å². The van der Waals surface area contributed by atoms with Gasteiger partial charge in [0, 0.05) is 52.5 Å². The van der Waals surface area contributed by atoms with Crippen molar-refractivity contribution in [2.45, 2.75) is 137 Å². The second-order valence-electron chi connectivity index (χ2n) is 13.1. The van der Waals surface area contributed by atoms with E-state index < -0.39 is 32.6 Å². The van der Waals surface area contributed by atoms with E-state index in [0.29, 0.717) is 12.8 Å². The lowest BCUT2D eigenvalue weighted by molar-refractivity contribution is -0.147. The van der Waals surface area contributed by atoms with E-state index in [0.717, 1.165) is 0 Å². The van der Waals surface area contributed by atoms with E-state index in [2.05, 4.69) is 41.5 Å². The molecule has 1 aliphatic heterocycles. The van der Waals surface area contributed by atoms with Gasteiger partial charge in [0.05, 0.1) is 24.4 Å². The summed E-state index contributed by atoms with van der Waals surface area (Å²) in [5.41, 5.74) is 0. The van der Waals surface area contributed by atoms with Crippen LogP contribution in [0.15, 0.2) is 0 Å². The number of carbonyl (C=O) groups excluding carboxylic acids is 2. The number of aliphatic hydroxyl groups is 2. The highest BCUT2D eigenvalue weighted by atomic mass is 28.4. The zero-order valence-corrected chi connectivity index (χ0v) is 25.6. The largest absolute Gasteiger partial charge is 0.392 e. The van der Waals surface area contributed by atoms with Crippen molar-refractivity contribution >= 4 is 20.1 Å². The molecule has 7 heteroatoms. The summed E-state index contributed by atoms with van der Waals surface area (Å²) in [7, 11) is -3.00. The summed E-state index contributed by atoms with van der Waals surface area (Å²) in [6, 6.07) is 0. The van der Waals surface area contributed by atoms with Gasteiger partial charge in [0.1, 0.15) is 11.6 Å². The molecule has 0 amide bonds. The summed E-state index contributed by atoms with van der Waals surface area (Å²) in [5.74, 6) is -1.68. The van der Waals surface area contributed by atoms with Gasteiger partial charge in [0.2, 0.25) is 0 Å². The molecule has 0 aromatic heterocycles. The molecule has 2 N–H and O–H groups in total. The Morgan fingerprint density at radius 2 is 1.03 bits per heavy atom. The maximum Gasteiger partial charge on any atom is 0.349 e. The van der Waals surface area contributed by atoms with Crippen molar-refractivity contribution in [3.63, 3.8) is 0 Å². The van der Waals surface area contributed by atoms with E-state index in [-0.39, 0.29) is 51.6 Å². The first-order valence-electron chi connectivity index (χ1n) is 13.6. The Kier molecular flexibility index (Phi) is 11.0. The number of rotatable bonds is 10. The molecule has 0 bridgehead atoms. The van der Waals surface area contributed by atoms with Crippen LogP contribution in [-0.4, -0.2) is 54.8 Å². The van der Waals surface area contributed by atoms with Gasteiger partial charge in [-0.1, -0.05) is 90.0 Å². The summed E-state index contributed by atoms with van der Waals surface area (Å²) in [4.78, 5) is 24.8. The Balaban J connectivity index is 3.59. The van der Waals surface area contributed by atoms with E-state index in [9.17, 15) is 19.8 Å². The molecule has 1 aliphatic rings. The first kappa shape index (κ1) is 32.4. The molecule has 1 fully saturated rings. The van der Waals surface area contributed by atoms with E-state index in [4.69, 9.17) is 8.85 Å². The van der Waals surface area contributed by atoms with Crippen molar-refractivity contribution in [2.75, 3.05) is 0 Å². The zero-order valence-electron chi connectivity index (χ0n) is 24.6. The quantitative estimate of drug-likeness (QED) is 0.365. The highest BCUT2D eigenvalue weighted by Crippen LogP contribution is 2.57. The number of ketones is 2. The van der Waals surface area contributed by atoms with Crippen molar-refractivity contribution in [3.8, 4) is 0 Å². The van der Waals surface area contributed by atoms with Crippen LogP contribution < -0.4 is 0 Å². The Morgan fingerprint density at radius 3 is 1.26 bits per heavy atom. The third-order valence-corrected chi connectivity index (χ3v) is 13.6. The van der Waals surface area contributed by atoms with Gasteiger partial charge in [-0.05, 0) is 0 Å². The molecule has 1 rings (SSSR count).